The molecule has 3 nitrogen and oxygen atoms in total. The van der Waals surface area contributed by atoms with E-state index >= 15 is 0 Å². The van der Waals surface area contributed by atoms with E-state index < -0.39 is 0 Å². The molecule has 2 rings (SSSR count). The van der Waals surface area contributed by atoms with Gasteiger partial charge in [-0.05, 0) is 63.6 Å². The van der Waals surface area contributed by atoms with Crippen LogP contribution in [0, 0.1) is 5.92 Å². The fourth-order valence-electron chi connectivity index (χ4n) is 3.13. The summed E-state index contributed by atoms with van der Waals surface area (Å²) in [4.78, 5) is 4.93. The number of rotatable bonds is 7. The largest absolute Gasteiger partial charge is 0.313 e. The molecule has 118 valence electrons. The van der Waals surface area contributed by atoms with Gasteiger partial charge in [-0.2, -0.15) is 0 Å². The number of hydrogen-bond acceptors (Lipinski definition) is 3. The Morgan fingerprint density at radius 1 is 1.10 bits per heavy atom. The summed E-state index contributed by atoms with van der Waals surface area (Å²) in [6, 6.07) is 9.10. The quantitative estimate of drug-likeness (QED) is 0.832. The van der Waals surface area contributed by atoms with E-state index in [4.69, 9.17) is 0 Å². The predicted molar refractivity (Wildman–Crippen MR) is 90.4 cm³/mol. The van der Waals surface area contributed by atoms with Gasteiger partial charge in [0, 0.05) is 19.6 Å². The third kappa shape index (κ3) is 5.77. The second kappa shape index (κ2) is 8.52. The lowest BCUT2D eigenvalue weighted by molar-refractivity contribution is 0.157. The van der Waals surface area contributed by atoms with E-state index in [0.29, 0.717) is 0 Å². The number of nitrogens with zero attached hydrogens (tertiary/aromatic N) is 2. The molecule has 21 heavy (non-hydrogen) atoms. The number of hydrogen-bond donors (Lipinski definition) is 1. The van der Waals surface area contributed by atoms with Gasteiger partial charge in [0.25, 0.3) is 0 Å². The molecule has 1 aliphatic rings. The molecule has 0 radical (unpaired) electrons. The van der Waals surface area contributed by atoms with Gasteiger partial charge in [-0.3, -0.25) is 4.90 Å². The highest BCUT2D eigenvalue weighted by molar-refractivity contribution is 5.22. The number of likely N-dealkylation sites (tertiary alicyclic amines) is 1. The van der Waals surface area contributed by atoms with Crippen molar-refractivity contribution in [3.63, 3.8) is 0 Å². The summed E-state index contributed by atoms with van der Waals surface area (Å²) >= 11 is 0. The SMILES string of the molecule is CCNCc1ccc(CN2CCC(CN(C)C)CC2)cc1. The lowest BCUT2D eigenvalue weighted by atomic mass is 9.96. The topological polar surface area (TPSA) is 18.5 Å². The zero-order valence-corrected chi connectivity index (χ0v) is 13.9. The van der Waals surface area contributed by atoms with Gasteiger partial charge < -0.3 is 10.2 Å². The van der Waals surface area contributed by atoms with Gasteiger partial charge in [0.2, 0.25) is 0 Å². The Morgan fingerprint density at radius 3 is 2.29 bits per heavy atom. The van der Waals surface area contributed by atoms with Crippen molar-refractivity contribution in [3.05, 3.63) is 35.4 Å². The van der Waals surface area contributed by atoms with Crippen LogP contribution < -0.4 is 5.32 Å². The van der Waals surface area contributed by atoms with Crippen molar-refractivity contribution in [2.45, 2.75) is 32.9 Å². The molecule has 0 saturated carbocycles. The lowest BCUT2D eigenvalue weighted by Crippen LogP contribution is -2.36. The standard InChI is InChI=1S/C18H31N3/c1-4-19-13-16-5-7-17(8-6-16)15-21-11-9-18(10-12-21)14-20(2)3/h5-8,18-19H,4,9-15H2,1-3H3. The fourth-order valence-corrected chi connectivity index (χ4v) is 3.13. The molecule has 0 atom stereocenters. The van der Waals surface area contributed by atoms with E-state index in [-0.39, 0.29) is 0 Å². The first-order valence-electron chi connectivity index (χ1n) is 8.33. The maximum Gasteiger partial charge on any atom is 0.0233 e. The minimum atomic E-state index is 0.888. The molecule has 0 spiro atoms. The number of benzene rings is 1. The van der Waals surface area contributed by atoms with Crippen molar-refractivity contribution in [2.24, 2.45) is 5.92 Å². The zero-order valence-electron chi connectivity index (χ0n) is 13.9. The highest BCUT2D eigenvalue weighted by atomic mass is 15.1. The molecule has 0 bridgehead atoms. The molecule has 0 unspecified atom stereocenters. The maximum absolute atomic E-state index is 3.37. The van der Waals surface area contributed by atoms with Crippen molar-refractivity contribution in [1.82, 2.24) is 15.1 Å². The van der Waals surface area contributed by atoms with Crippen LogP contribution >= 0.6 is 0 Å². The summed E-state index contributed by atoms with van der Waals surface area (Å²) in [5.41, 5.74) is 2.83. The molecule has 1 saturated heterocycles. The molecule has 1 fully saturated rings. The second-order valence-electron chi connectivity index (χ2n) is 6.58. The Balaban J connectivity index is 1.75. The Labute approximate surface area is 130 Å². The molecular weight excluding hydrogens is 258 g/mol. The monoisotopic (exact) mass is 289 g/mol. The molecule has 1 aromatic carbocycles. The molecule has 1 N–H and O–H groups in total. The first kappa shape index (κ1) is 16.5. The minimum absolute atomic E-state index is 0.888. The van der Waals surface area contributed by atoms with Crippen molar-refractivity contribution >= 4 is 0 Å². The number of piperidine rings is 1. The van der Waals surface area contributed by atoms with Crippen LogP contribution in [0.2, 0.25) is 0 Å². The van der Waals surface area contributed by atoms with E-state index in [1.54, 1.807) is 0 Å². The molecule has 1 heterocycles. The molecule has 0 aromatic heterocycles. The molecule has 0 amide bonds. The van der Waals surface area contributed by atoms with E-state index in [2.05, 4.69) is 60.4 Å². The average molecular weight is 289 g/mol. The van der Waals surface area contributed by atoms with E-state index in [0.717, 1.165) is 25.6 Å². The summed E-state index contributed by atoms with van der Waals surface area (Å²) in [5, 5.41) is 3.37. The Morgan fingerprint density at radius 2 is 1.71 bits per heavy atom. The van der Waals surface area contributed by atoms with Crippen LogP contribution in [0.1, 0.15) is 30.9 Å². The van der Waals surface area contributed by atoms with Crippen LogP contribution in [-0.4, -0.2) is 50.1 Å². The normalized spacial score (nSPS) is 17.5. The molecule has 1 aromatic rings. The van der Waals surface area contributed by atoms with Gasteiger partial charge in [-0.25, -0.2) is 0 Å². The third-order valence-corrected chi connectivity index (χ3v) is 4.34. The fraction of sp³-hybridized carbons (Fsp3) is 0.667. The minimum Gasteiger partial charge on any atom is -0.313 e. The Hall–Kier alpha value is -0.900. The van der Waals surface area contributed by atoms with Crippen molar-refractivity contribution < 1.29 is 0 Å². The molecule has 0 aliphatic carbocycles. The summed E-state index contributed by atoms with van der Waals surface area (Å²) in [7, 11) is 4.36. The van der Waals surface area contributed by atoms with E-state index in [1.807, 2.05) is 0 Å². The summed E-state index contributed by atoms with van der Waals surface area (Å²) in [6.07, 6.45) is 2.69. The van der Waals surface area contributed by atoms with Gasteiger partial charge in [0.1, 0.15) is 0 Å². The number of nitrogens with one attached hydrogen (secondary N) is 1. The van der Waals surface area contributed by atoms with Crippen molar-refractivity contribution in [1.29, 1.82) is 0 Å². The predicted octanol–water partition coefficient (Wildman–Crippen LogP) is 2.57. The van der Waals surface area contributed by atoms with Crippen LogP contribution in [0.3, 0.4) is 0 Å². The summed E-state index contributed by atoms with van der Waals surface area (Å²) in [6.45, 7) is 9.00. The van der Waals surface area contributed by atoms with Gasteiger partial charge >= 0.3 is 0 Å². The lowest BCUT2D eigenvalue weighted by Gasteiger charge is -2.33. The zero-order chi connectivity index (χ0) is 15.1. The van der Waals surface area contributed by atoms with Crippen LogP contribution in [0.15, 0.2) is 24.3 Å². The highest BCUT2D eigenvalue weighted by Gasteiger charge is 2.19. The van der Waals surface area contributed by atoms with Gasteiger partial charge in [-0.1, -0.05) is 31.2 Å². The smallest absolute Gasteiger partial charge is 0.0233 e. The van der Waals surface area contributed by atoms with Crippen molar-refractivity contribution in [3.8, 4) is 0 Å². The first-order chi connectivity index (χ1) is 10.2. The van der Waals surface area contributed by atoms with Crippen LogP contribution in [0.4, 0.5) is 0 Å². The Kier molecular flexibility index (Phi) is 6.68. The van der Waals surface area contributed by atoms with Crippen LogP contribution in [0.5, 0.6) is 0 Å². The highest BCUT2D eigenvalue weighted by Crippen LogP contribution is 2.19. The average Bonchev–Trinajstić information content (AvgIpc) is 2.48. The molecular formula is C18H31N3. The van der Waals surface area contributed by atoms with E-state index in [9.17, 15) is 0 Å². The first-order valence-corrected chi connectivity index (χ1v) is 8.33. The molecule has 3 heteroatoms. The van der Waals surface area contributed by atoms with Crippen LogP contribution in [-0.2, 0) is 13.1 Å². The van der Waals surface area contributed by atoms with Gasteiger partial charge in [0.05, 0.1) is 0 Å². The maximum atomic E-state index is 3.37. The van der Waals surface area contributed by atoms with Crippen LogP contribution in [0.25, 0.3) is 0 Å². The van der Waals surface area contributed by atoms with Crippen molar-refractivity contribution in [2.75, 3.05) is 40.3 Å². The second-order valence-corrected chi connectivity index (χ2v) is 6.58. The third-order valence-electron chi connectivity index (χ3n) is 4.34. The summed E-state index contributed by atoms with van der Waals surface area (Å²) in [5.74, 6) is 0.888. The summed E-state index contributed by atoms with van der Waals surface area (Å²) < 4.78 is 0. The van der Waals surface area contributed by atoms with Gasteiger partial charge in [0.15, 0.2) is 0 Å². The molecule has 1 aliphatic heterocycles. The van der Waals surface area contributed by atoms with E-state index in [1.165, 1.54) is 43.6 Å². The Bertz CT molecular complexity index is 391. The van der Waals surface area contributed by atoms with Gasteiger partial charge in [-0.15, -0.1) is 0 Å².